The van der Waals surface area contributed by atoms with Gasteiger partial charge in [0.05, 0.1) is 0 Å². The Hall–Kier alpha value is -0.380. The Morgan fingerprint density at radius 3 is 2.63 bits per heavy atom. The molecule has 2 rings (SSSR count). The highest BCUT2D eigenvalue weighted by atomic mass is 32.1. The zero-order chi connectivity index (χ0) is 13.7. The van der Waals surface area contributed by atoms with E-state index in [9.17, 15) is 0 Å². The Kier molecular flexibility index (Phi) is 5.86. The van der Waals surface area contributed by atoms with Crippen LogP contribution in [0.2, 0.25) is 0 Å². The van der Waals surface area contributed by atoms with Crippen molar-refractivity contribution in [2.24, 2.45) is 11.8 Å². The molecule has 1 fully saturated rings. The second-order valence-electron chi connectivity index (χ2n) is 6.11. The highest BCUT2D eigenvalue weighted by Crippen LogP contribution is 2.24. The summed E-state index contributed by atoms with van der Waals surface area (Å²) < 4.78 is 0. The van der Waals surface area contributed by atoms with Gasteiger partial charge in [0.25, 0.3) is 0 Å². The molecule has 0 atom stereocenters. The third-order valence-electron chi connectivity index (χ3n) is 4.28. The number of thiophene rings is 1. The predicted molar refractivity (Wildman–Crippen MR) is 84.8 cm³/mol. The minimum Gasteiger partial charge on any atom is -0.311 e. The first-order chi connectivity index (χ1) is 9.15. The van der Waals surface area contributed by atoms with Crippen LogP contribution in [0.25, 0.3) is 0 Å². The lowest BCUT2D eigenvalue weighted by Gasteiger charge is -2.33. The molecule has 2 nitrogen and oxygen atoms in total. The molecule has 1 N–H and O–H groups in total. The van der Waals surface area contributed by atoms with Crippen molar-refractivity contribution in [2.75, 3.05) is 26.2 Å². The number of nitrogens with zero attached hydrogens (tertiary/aromatic N) is 1. The van der Waals surface area contributed by atoms with E-state index >= 15 is 0 Å². The molecule has 0 unspecified atom stereocenters. The van der Waals surface area contributed by atoms with Crippen LogP contribution in [0, 0.1) is 18.8 Å². The molecule has 1 aromatic rings. The van der Waals surface area contributed by atoms with Crippen molar-refractivity contribution >= 4 is 11.3 Å². The largest absolute Gasteiger partial charge is 0.311 e. The van der Waals surface area contributed by atoms with Crippen molar-refractivity contribution in [3.63, 3.8) is 0 Å². The standard InChI is InChI=1S/C16H28N2S/c1-13(2)15-6-9-18(10-7-15)11-8-17-12-16-5-4-14(3)19-16/h4-5,13,15,17H,6-12H2,1-3H3. The smallest absolute Gasteiger partial charge is 0.0300 e. The van der Waals surface area contributed by atoms with Gasteiger partial charge in [-0.3, -0.25) is 0 Å². The molecule has 2 heterocycles. The van der Waals surface area contributed by atoms with E-state index in [0.29, 0.717) is 0 Å². The molecule has 0 aromatic carbocycles. The maximum absolute atomic E-state index is 3.57. The van der Waals surface area contributed by atoms with Gasteiger partial charge in [-0.2, -0.15) is 0 Å². The monoisotopic (exact) mass is 280 g/mol. The summed E-state index contributed by atoms with van der Waals surface area (Å²) in [5.74, 6) is 1.82. The average Bonchev–Trinajstić information content (AvgIpc) is 2.81. The first-order valence-corrected chi connectivity index (χ1v) is 8.45. The van der Waals surface area contributed by atoms with Gasteiger partial charge in [-0.1, -0.05) is 13.8 Å². The highest BCUT2D eigenvalue weighted by molar-refractivity contribution is 7.11. The van der Waals surface area contributed by atoms with Crippen LogP contribution in [-0.4, -0.2) is 31.1 Å². The number of rotatable bonds is 6. The zero-order valence-electron chi connectivity index (χ0n) is 12.6. The summed E-state index contributed by atoms with van der Waals surface area (Å²) >= 11 is 1.90. The highest BCUT2D eigenvalue weighted by Gasteiger charge is 2.20. The summed E-state index contributed by atoms with van der Waals surface area (Å²) in [5.41, 5.74) is 0. The van der Waals surface area contributed by atoms with E-state index in [0.717, 1.165) is 24.9 Å². The Labute approximate surface area is 122 Å². The van der Waals surface area contributed by atoms with Crippen molar-refractivity contribution < 1.29 is 0 Å². The van der Waals surface area contributed by atoms with E-state index in [-0.39, 0.29) is 0 Å². The molecule has 0 saturated carbocycles. The summed E-state index contributed by atoms with van der Waals surface area (Å²) in [5, 5.41) is 3.57. The number of nitrogens with one attached hydrogen (secondary N) is 1. The van der Waals surface area contributed by atoms with Crippen LogP contribution in [0.15, 0.2) is 12.1 Å². The Morgan fingerprint density at radius 2 is 2.05 bits per heavy atom. The van der Waals surface area contributed by atoms with Crippen molar-refractivity contribution in [1.29, 1.82) is 0 Å². The Bertz CT molecular complexity index is 365. The molecule has 0 spiro atoms. The molecular formula is C16H28N2S. The zero-order valence-corrected chi connectivity index (χ0v) is 13.4. The molecule has 1 aliphatic heterocycles. The maximum atomic E-state index is 3.57. The van der Waals surface area contributed by atoms with E-state index in [2.05, 4.69) is 43.1 Å². The molecule has 0 amide bonds. The fourth-order valence-electron chi connectivity index (χ4n) is 2.87. The second-order valence-corrected chi connectivity index (χ2v) is 7.48. The SMILES string of the molecule is Cc1ccc(CNCCN2CCC(C(C)C)CC2)s1. The van der Waals surface area contributed by atoms with Crippen LogP contribution in [0.4, 0.5) is 0 Å². The van der Waals surface area contributed by atoms with Gasteiger partial charge in [0.15, 0.2) is 0 Å². The lowest BCUT2D eigenvalue weighted by atomic mass is 9.87. The second kappa shape index (κ2) is 7.41. The molecule has 0 aliphatic carbocycles. The summed E-state index contributed by atoms with van der Waals surface area (Å²) in [6.07, 6.45) is 2.78. The van der Waals surface area contributed by atoms with Crippen molar-refractivity contribution in [3.05, 3.63) is 21.9 Å². The fraction of sp³-hybridized carbons (Fsp3) is 0.750. The number of hydrogen-bond acceptors (Lipinski definition) is 3. The van der Waals surface area contributed by atoms with E-state index < -0.39 is 0 Å². The first kappa shape index (κ1) is 15.0. The lowest BCUT2D eigenvalue weighted by molar-refractivity contribution is 0.158. The lowest BCUT2D eigenvalue weighted by Crippen LogP contribution is -2.39. The van der Waals surface area contributed by atoms with Gasteiger partial charge < -0.3 is 10.2 Å². The number of likely N-dealkylation sites (tertiary alicyclic amines) is 1. The number of hydrogen-bond donors (Lipinski definition) is 1. The van der Waals surface area contributed by atoms with Crippen LogP contribution in [0.5, 0.6) is 0 Å². The van der Waals surface area contributed by atoms with E-state index in [4.69, 9.17) is 0 Å². The maximum Gasteiger partial charge on any atom is 0.0300 e. The van der Waals surface area contributed by atoms with Crippen molar-refractivity contribution in [2.45, 2.75) is 40.2 Å². The summed E-state index contributed by atoms with van der Waals surface area (Å²) in [4.78, 5) is 5.48. The van der Waals surface area contributed by atoms with Crippen LogP contribution in [0.3, 0.4) is 0 Å². The van der Waals surface area contributed by atoms with Crippen LogP contribution < -0.4 is 5.32 Å². The van der Waals surface area contributed by atoms with Gasteiger partial charge in [0, 0.05) is 29.4 Å². The minimum atomic E-state index is 0.863. The first-order valence-electron chi connectivity index (χ1n) is 7.63. The molecule has 19 heavy (non-hydrogen) atoms. The predicted octanol–water partition coefficient (Wildman–Crippen LogP) is 3.51. The van der Waals surface area contributed by atoms with Crippen molar-refractivity contribution in [1.82, 2.24) is 10.2 Å². The summed E-state index contributed by atoms with van der Waals surface area (Å²) in [6, 6.07) is 4.44. The molecular weight excluding hydrogens is 252 g/mol. The van der Waals surface area contributed by atoms with Gasteiger partial charge in [-0.25, -0.2) is 0 Å². The number of piperidine rings is 1. The molecule has 1 aromatic heterocycles. The van der Waals surface area contributed by atoms with Crippen LogP contribution in [-0.2, 0) is 6.54 Å². The normalized spacial score (nSPS) is 18.3. The average molecular weight is 280 g/mol. The Morgan fingerprint density at radius 1 is 1.32 bits per heavy atom. The van der Waals surface area contributed by atoms with Gasteiger partial charge in [-0.05, 0) is 56.8 Å². The fourth-order valence-corrected chi connectivity index (χ4v) is 3.73. The molecule has 108 valence electrons. The minimum absolute atomic E-state index is 0.863. The van der Waals surface area contributed by atoms with E-state index in [1.165, 1.54) is 42.2 Å². The molecule has 0 bridgehead atoms. The van der Waals surface area contributed by atoms with Crippen LogP contribution in [0.1, 0.15) is 36.4 Å². The molecule has 1 saturated heterocycles. The van der Waals surface area contributed by atoms with Gasteiger partial charge >= 0.3 is 0 Å². The van der Waals surface area contributed by atoms with Gasteiger partial charge in [-0.15, -0.1) is 11.3 Å². The van der Waals surface area contributed by atoms with Gasteiger partial charge in [0.1, 0.15) is 0 Å². The van der Waals surface area contributed by atoms with Crippen LogP contribution >= 0.6 is 11.3 Å². The quantitative estimate of drug-likeness (QED) is 0.802. The third-order valence-corrected chi connectivity index (χ3v) is 5.28. The molecule has 3 heteroatoms. The Balaban J connectivity index is 1.57. The topological polar surface area (TPSA) is 15.3 Å². The third kappa shape index (κ3) is 4.90. The van der Waals surface area contributed by atoms with E-state index in [1.54, 1.807) is 0 Å². The van der Waals surface area contributed by atoms with E-state index in [1.807, 2.05) is 11.3 Å². The van der Waals surface area contributed by atoms with Crippen molar-refractivity contribution in [3.8, 4) is 0 Å². The molecule has 1 aliphatic rings. The molecule has 0 radical (unpaired) electrons. The summed E-state index contributed by atoms with van der Waals surface area (Å²) in [7, 11) is 0. The van der Waals surface area contributed by atoms with Gasteiger partial charge in [0.2, 0.25) is 0 Å². The summed E-state index contributed by atoms with van der Waals surface area (Å²) in [6.45, 7) is 12.8. The number of aryl methyl sites for hydroxylation is 1.